The van der Waals surface area contributed by atoms with Crippen molar-refractivity contribution in [2.24, 2.45) is 5.92 Å². The van der Waals surface area contributed by atoms with E-state index in [0.29, 0.717) is 19.4 Å². The van der Waals surface area contributed by atoms with Gasteiger partial charge in [0.1, 0.15) is 11.8 Å². The summed E-state index contributed by atoms with van der Waals surface area (Å²) in [7, 11) is 1.63. The number of benzene rings is 2. The summed E-state index contributed by atoms with van der Waals surface area (Å²) in [4.78, 5) is 29.1. The number of carbonyl (C=O) groups is 2. The van der Waals surface area contributed by atoms with E-state index in [1.807, 2.05) is 48.5 Å². The van der Waals surface area contributed by atoms with Crippen LogP contribution in [0.1, 0.15) is 32.8 Å². The van der Waals surface area contributed by atoms with Crippen LogP contribution in [0.15, 0.2) is 53.4 Å². The largest absolute Gasteiger partial charge is 0.497 e. The quantitative estimate of drug-likeness (QED) is 0.571. The molecule has 0 aromatic heterocycles. The van der Waals surface area contributed by atoms with Crippen LogP contribution in [0.5, 0.6) is 5.75 Å². The number of esters is 1. The highest BCUT2D eigenvalue weighted by Gasteiger charge is 2.41. The molecular weight excluding hydrogens is 398 g/mol. The first-order valence-corrected chi connectivity index (χ1v) is 11.2. The number of carbonyl (C=O) groups excluding carboxylic acids is 2. The molecule has 0 bridgehead atoms. The number of ether oxygens (including phenoxy) is 2. The van der Waals surface area contributed by atoms with Gasteiger partial charge in [-0.2, -0.15) is 0 Å². The van der Waals surface area contributed by atoms with Gasteiger partial charge in [0.15, 0.2) is 0 Å². The molecule has 3 rings (SSSR count). The molecule has 5 nitrogen and oxygen atoms in total. The molecule has 6 heteroatoms. The normalized spacial score (nSPS) is 16.9. The first-order valence-electron chi connectivity index (χ1n) is 10.3. The Morgan fingerprint density at radius 3 is 2.47 bits per heavy atom. The van der Waals surface area contributed by atoms with Gasteiger partial charge < -0.3 is 9.47 Å². The summed E-state index contributed by atoms with van der Waals surface area (Å²) in [5.74, 6) is 0.638. The van der Waals surface area contributed by atoms with Crippen molar-refractivity contribution in [2.45, 2.75) is 49.8 Å². The van der Waals surface area contributed by atoms with E-state index in [2.05, 4.69) is 13.8 Å². The molecule has 0 radical (unpaired) electrons. The highest BCUT2D eigenvalue weighted by atomic mass is 32.2. The van der Waals surface area contributed by atoms with Gasteiger partial charge >= 0.3 is 5.97 Å². The highest BCUT2D eigenvalue weighted by molar-refractivity contribution is 8.01. The van der Waals surface area contributed by atoms with E-state index >= 15 is 0 Å². The average molecular weight is 428 g/mol. The lowest BCUT2D eigenvalue weighted by Crippen LogP contribution is -2.52. The van der Waals surface area contributed by atoms with Crippen molar-refractivity contribution in [3.8, 4) is 5.75 Å². The fourth-order valence-electron chi connectivity index (χ4n) is 3.65. The van der Waals surface area contributed by atoms with Crippen LogP contribution in [-0.2, 0) is 20.7 Å². The predicted molar refractivity (Wildman–Crippen MR) is 120 cm³/mol. The number of amides is 1. The maximum Gasteiger partial charge on any atom is 0.329 e. The third kappa shape index (κ3) is 4.98. The minimum absolute atomic E-state index is 0.0479. The van der Waals surface area contributed by atoms with Gasteiger partial charge in [-0.15, -0.1) is 11.8 Å². The molecule has 1 heterocycles. The molecule has 2 aromatic rings. The topological polar surface area (TPSA) is 55.8 Å². The van der Waals surface area contributed by atoms with E-state index in [4.69, 9.17) is 9.47 Å². The number of hydrogen-bond acceptors (Lipinski definition) is 5. The number of hydrogen-bond donors (Lipinski definition) is 0. The summed E-state index contributed by atoms with van der Waals surface area (Å²) >= 11 is 1.56. The minimum Gasteiger partial charge on any atom is -0.497 e. The van der Waals surface area contributed by atoms with E-state index in [9.17, 15) is 9.59 Å². The zero-order valence-electron chi connectivity index (χ0n) is 18.0. The Bertz CT molecular complexity index is 881. The van der Waals surface area contributed by atoms with Gasteiger partial charge in [0.2, 0.25) is 5.91 Å². The monoisotopic (exact) mass is 427 g/mol. The smallest absolute Gasteiger partial charge is 0.329 e. The Labute approximate surface area is 182 Å². The van der Waals surface area contributed by atoms with Gasteiger partial charge in [-0.05, 0) is 55.5 Å². The van der Waals surface area contributed by atoms with Crippen molar-refractivity contribution in [3.63, 3.8) is 0 Å². The second-order valence-corrected chi connectivity index (χ2v) is 8.98. The molecule has 1 amide bonds. The van der Waals surface area contributed by atoms with Gasteiger partial charge in [-0.25, -0.2) is 4.79 Å². The lowest BCUT2D eigenvalue weighted by atomic mass is 10.00. The van der Waals surface area contributed by atoms with Gasteiger partial charge in [-0.1, -0.05) is 38.1 Å². The van der Waals surface area contributed by atoms with Crippen LogP contribution in [0.2, 0.25) is 0 Å². The number of nitrogens with zero attached hydrogens (tertiary/aromatic N) is 1. The molecular formula is C24H29NO4S. The fourth-order valence-corrected chi connectivity index (χ4v) is 4.89. The minimum atomic E-state index is -0.627. The number of rotatable bonds is 8. The van der Waals surface area contributed by atoms with Gasteiger partial charge in [-0.3, -0.25) is 9.69 Å². The molecule has 160 valence electrons. The first kappa shape index (κ1) is 22.2. The second kappa shape index (κ2) is 10.0. The van der Waals surface area contributed by atoms with Crippen molar-refractivity contribution >= 4 is 29.3 Å². The Kier molecular flexibility index (Phi) is 7.43. The maximum absolute atomic E-state index is 13.6. The van der Waals surface area contributed by atoms with Crippen molar-refractivity contribution in [1.82, 2.24) is 0 Å². The van der Waals surface area contributed by atoms with Crippen LogP contribution in [0.4, 0.5) is 5.69 Å². The van der Waals surface area contributed by atoms with Crippen molar-refractivity contribution in [2.75, 3.05) is 18.6 Å². The summed E-state index contributed by atoms with van der Waals surface area (Å²) in [6.07, 6.45) is 1.13. The average Bonchev–Trinajstić information content (AvgIpc) is 2.73. The molecule has 0 saturated carbocycles. The SMILES string of the molecule is CCOC(=O)[C@H](CC(C)C)N1C(=O)C(Cc2ccc(OC)cc2)Sc2ccccc21. The zero-order chi connectivity index (χ0) is 21.7. The number of anilines is 1. The molecule has 0 spiro atoms. The first-order chi connectivity index (χ1) is 14.4. The van der Waals surface area contributed by atoms with Gasteiger partial charge in [0.25, 0.3) is 0 Å². The zero-order valence-corrected chi connectivity index (χ0v) is 18.8. The Morgan fingerprint density at radius 1 is 1.13 bits per heavy atom. The highest BCUT2D eigenvalue weighted by Crippen LogP contribution is 2.42. The molecule has 2 aromatic carbocycles. The lowest BCUT2D eigenvalue weighted by molar-refractivity contribution is -0.146. The molecule has 0 saturated heterocycles. The summed E-state index contributed by atoms with van der Waals surface area (Å²) in [6, 6.07) is 14.9. The van der Waals surface area contributed by atoms with E-state index in [-0.39, 0.29) is 23.0 Å². The van der Waals surface area contributed by atoms with Crippen molar-refractivity contribution in [1.29, 1.82) is 0 Å². The molecule has 0 fully saturated rings. The number of para-hydroxylation sites is 1. The third-order valence-electron chi connectivity index (χ3n) is 5.05. The van der Waals surface area contributed by atoms with Crippen LogP contribution in [0.25, 0.3) is 0 Å². The van der Waals surface area contributed by atoms with E-state index < -0.39 is 6.04 Å². The number of thioether (sulfide) groups is 1. The number of methoxy groups -OCH3 is 1. The summed E-state index contributed by atoms with van der Waals surface area (Å²) in [5.41, 5.74) is 1.84. The molecule has 0 N–H and O–H groups in total. The molecule has 2 atom stereocenters. The van der Waals surface area contributed by atoms with E-state index in [1.165, 1.54) is 0 Å². The third-order valence-corrected chi connectivity index (χ3v) is 6.30. The van der Waals surface area contributed by atoms with Gasteiger partial charge in [0, 0.05) is 4.90 Å². The summed E-state index contributed by atoms with van der Waals surface area (Å²) < 4.78 is 10.6. The van der Waals surface area contributed by atoms with Crippen LogP contribution >= 0.6 is 11.8 Å². The molecule has 30 heavy (non-hydrogen) atoms. The lowest BCUT2D eigenvalue weighted by Gasteiger charge is -2.38. The molecule has 1 unspecified atom stereocenters. The second-order valence-electron chi connectivity index (χ2n) is 7.73. The van der Waals surface area contributed by atoms with Crippen LogP contribution in [0, 0.1) is 5.92 Å². The fraction of sp³-hybridized carbons (Fsp3) is 0.417. The maximum atomic E-state index is 13.6. The van der Waals surface area contributed by atoms with Crippen molar-refractivity contribution in [3.05, 3.63) is 54.1 Å². The predicted octanol–water partition coefficient (Wildman–Crippen LogP) is 4.72. The van der Waals surface area contributed by atoms with E-state index in [1.54, 1.807) is 30.7 Å². The van der Waals surface area contributed by atoms with Crippen LogP contribution in [0.3, 0.4) is 0 Å². The summed E-state index contributed by atoms with van der Waals surface area (Å²) in [6.45, 7) is 6.19. The van der Waals surface area contributed by atoms with Crippen molar-refractivity contribution < 1.29 is 19.1 Å². The number of fused-ring (bicyclic) bond motifs is 1. The van der Waals surface area contributed by atoms with Crippen LogP contribution in [-0.4, -0.2) is 36.9 Å². The Morgan fingerprint density at radius 2 is 1.83 bits per heavy atom. The molecule has 1 aliphatic heterocycles. The standard InChI is InChI=1S/C24H29NO4S/c1-5-29-24(27)20(14-16(2)3)25-19-8-6-7-9-21(19)30-22(23(25)26)15-17-10-12-18(28-4)13-11-17/h6-13,16,20,22H,5,14-15H2,1-4H3/t20-,22?/m0/s1. The Balaban J connectivity index is 1.95. The Hall–Kier alpha value is -2.47. The van der Waals surface area contributed by atoms with Crippen LogP contribution < -0.4 is 9.64 Å². The summed E-state index contributed by atoms with van der Waals surface area (Å²) in [5, 5.41) is -0.308. The molecule has 0 aliphatic carbocycles. The van der Waals surface area contributed by atoms with Gasteiger partial charge in [0.05, 0.1) is 24.7 Å². The molecule has 1 aliphatic rings. The van der Waals surface area contributed by atoms with E-state index in [0.717, 1.165) is 21.9 Å².